The van der Waals surface area contributed by atoms with Gasteiger partial charge in [-0.05, 0) is 60.4 Å². The van der Waals surface area contributed by atoms with Gasteiger partial charge < -0.3 is 5.32 Å². The van der Waals surface area contributed by atoms with Gasteiger partial charge in [0.2, 0.25) is 11.1 Å². The molecule has 0 atom stereocenters. The summed E-state index contributed by atoms with van der Waals surface area (Å²) in [5, 5.41) is 15.5. The zero-order chi connectivity index (χ0) is 16.2. The molecule has 2 aromatic rings. The van der Waals surface area contributed by atoms with Crippen LogP contribution in [0.1, 0.15) is 42.9 Å². The number of aryl methyl sites for hydroxylation is 2. The van der Waals surface area contributed by atoms with E-state index in [1.54, 1.807) is 0 Å². The van der Waals surface area contributed by atoms with Crippen LogP contribution in [0.15, 0.2) is 23.4 Å². The minimum Gasteiger partial charge on any atom is -0.325 e. The first kappa shape index (κ1) is 16.0. The van der Waals surface area contributed by atoms with Gasteiger partial charge in [0.05, 0.1) is 11.8 Å². The molecule has 1 N–H and O–H groups in total. The van der Waals surface area contributed by atoms with E-state index >= 15 is 0 Å². The summed E-state index contributed by atoms with van der Waals surface area (Å²) in [6, 6.07) is 6.31. The van der Waals surface area contributed by atoms with Gasteiger partial charge in [0, 0.05) is 5.69 Å². The Hall–Kier alpha value is -1.89. The number of thioether (sulfide) groups is 1. The molecule has 1 aliphatic carbocycles. The fraction of sp³-hybridized carbons (Fsp3) is 0.500. The standard InChI is InChI=1S/C16H21N5OS/c1-11-7-8-13(9-12(11)2)17-15(22)10-23-16-18-19-20-21(16)14-5-3-4-6-14/h7-9,14H,3-6,10H2,1-2H3,(H,17,22). The maximum Gasteiger partial charge on any atom is 0.234 e. The Morgan fingerprint density at radius 3 is 2.83 bits per heavy atom. The maximum absolute atomic E-state index is 12.1. The van der Waals surface area contributed by atoms with Crippen molar-refractivity contribution in [2.45, 2.75) is 50.7 Å². The van der Waals surface area contributed by atoms with Gasteiger partial charge in [-0.3, -0.25) is 4.79 Å². The Labute approximate surface area is 140 Å². The Balaban J connectivity index is 1.57. The first-order valence-electron chi connectivity index (χ1n) is 7.91. The number of anilines is 1. The van der Waals surface area contributed by atoms with E-state index in [2.05, 4.69) is 27.8 Å². The number of tetrazole rings is 1. The van der Waals surface area contributed by atoms with E-state index in [9.17, 15) is 4.79 Å². The monoisotopic (exact) mass is 331 g/mol. The maximum atomic E-state index is 12.1. The minimum atomic E-state index is -0.0424. The highest BCUT2D eigenvalue weighted by Gasteiger charge is 2.22. The van der Waals surface area contributed by atoms with Crippen LogP contribution >= 0.6 is 11.8 Å². The summed E-state index contributed by atoms with van der Waals surface area (Å²) in [5.74, 6) is 0.263. The smallest absolute Gasteiger partial charge is 0.234 e. The van der Waals surface area contributed by atoms with Gasteiger partial charge in [0.25, 0.3) is 0 Å². The number of amides is 1. The molecule has 1 saturated carbocycles. The van der Waals surface area contributed by atoms with E-state index in [0.717, 1.165) is 23.7 Å². The van der Waals surface area contributed by atoms with Crippen molar-refractivity contribution in [3.63, 3.8) is 0 Å². The first-order valence-corrected chi connectivity index (χ1v) is 8.90. The third kappa shape index (κ3) is 3.90. The number of hydrogen-bond donors (Lipinski definition) is 1. The van der Waals surface area contributed by atoms with E-state index in [0.29, 0.717) is 11.8 Å². The van der Waals surface area contributed by atoms with Crippen LogP contribution in [-0.2, 0) is 4.79 Å². The fourth-order valence-electron chi connectivity index (χ4n) is 2.80. The number of nitrogens with zero attached hydrogens (tertiary/aromatic N) is 4. The first-order chi connectivity index (χ1) is 11.1. The number of hydrogen-bond acceptors (Lipinski definition) is 5. The number of rotatable bonds is 5. The summed E-state index contributed by atoms with van der Waals surface area (Å²) in [5.41, 5.74) is 3.21. The lowest BCUT2D eigenvalue weighted by Gasteiger charge is -2.11. The largest absolute Gasteiger partial charge is 0.325 e. The van der Waals surface area contributed by atoms with Crippen LogP contribution in [0.4, 0.5) is 5.69 Å². The molecule has 0 aliphatic heterocycles. The van der Waals surface area contributed by atoms with E-state index in [1.807, 2.05) is 29.8 Å². The molecule has 7 heteroatoms. The highest BCUT2D eigenvalue weighted by Crippen LogP contribution is 2.31. The number of aromatic nitrogens is 4. The van der Waals surface area contributed by atoms with Crippen LogP contribution in [0.3, 0.4) is 0 Å². The van der Waals surface area contributed by atoms with Crippen molar-refractivity contribution in [2.75, 3.05) is 11.1 Å². The highest BCUT2D eigenvalue weighted by molar-refractivity contribution is 7.99. The van der Waals surface area contributed by atoms with Crippen molar-refractivity contribution >= 4 is 23.4 Å². The Bertz CT molecular complexity index is 694. The molecule has 122 valence electrons. The molecule has 0 saturated heterocycles. The van der Waals surface area contributed by atoms with Gasteiger partial charge in [-0.1, -0.05) is 30.7 Å². The van der Waals surface area contributed by atoms with Gasteiger partial charge in [0.1, 0.15) is 0 Å². The number of nitrogens with one attached hydrogen (secondary N) is 1. The molecule has 1 aromatic heterocycles. The Kier molecular flexibility index (Phi) is 4.95. The predicted octanol–water partition coefficient (Wildman–Crippen LogP) is 3.14. The average molecular weight is 331 g/mol. The lowest BCUT2D eigenvalue weighted by atomic mass is 10.1. The molecule has 3 rings (SSSR count). The summed E-state index contributed by atoms with van der Waals surface area (Å²) in [4.78, 5) is 12.1. The topological polar surface area (TPSA) is 72.7 Å². The van der Waals surface area contributed by atoms with Crippen LogP contribution < -0.4 is 5.32 Å². The second-order valence-corrected chi connectivity index (χ2v) is 6.92. The molecule has 0 bridgehead atoms. The second-order valence-electron chi connectivity index (χ2n) is 5.98. The zero-order valence-electron chi connectivity index (χ0n) is 13.5. The van der Waals surface area contributed by atoms with Crippen LogP contribution in [0.2, 0.25) is 0 Å². The summed E-state index contributed by atoms with van der Waals surface area (Å²) < 4.78 is 1.88. The molecule has 6 nitrogen and oxygen atoms in total. The van der Waals surface area contributed by atoms with E-state index in [4.69, 9.17) is 0 Å². The summed E-state index contributed by atoms with van der Waals surface area (Å²) >= 11 is 1.39. The second kappa shape index (κ2) is 7.12. The molecule has 1 amide bonds. The number of carbonyl (C=O) groups is 1. The van der Waals surface area contributed by atoms with Crippen molar-refractivity contribution in [1.29, 1.82) is 0 Å². The Morgan fingerprint density at radius 1 is 1.30 bits per heavy atom. The van der Waals surface area contributed by atoms with Gasteiger partial charge in [-0.25, -0.2) is 4.68 Å². The van der Waals surface area contributed by atoms with Crippen molar-refractivity contribution in [2.24, 2.45) is 0 Å². The van der Waals surface area contributed by atoms with E-state index in [-0.39, 0.29) is 5.91 Å². The normalized spacial score (nSPS) is 15.0. The lowest BCUT2D eigenvalue weighted by molar-refractivity contribution is -0.113. The van der Waals surface area contributed by atoms with Crippen LogP contribution in [0.25, 0.3) is 0 Å². The molecular formula is C16H21N5OS. The van der Waals surface area contributed by atoms with Crippen LogP contribution in [-0.4, -0.2) is 31.9 Å². The van der Waals surface area contributed by atoms with E-state index < -0.39 is 0 Å². The molecule has 0 spiro atoms. The van der Waals surface area contributed by atoms with Gasteiger partial charge in [0.15, 0.2) is 0 Å². The Morgan fingerprint density at radius 2 is 2.09 bits per heavy atom. The third-order valence-electron chi connectivity index (χ3n) is 4.26. The molecule has 1 aromatic carbocycles. The van der Waals surface area contributed by atoms with Crippen molar-refractivity contribution in [3.8, 4) is 0 Å². The molecule has 1 aliphatic rings. The van der Waals surface area contributed by atoms with E-state index in [1.165, 1.54) is 35.7 Å². The number of benzene rings is 1. The van der Waals surface area contributed by atoms with Crippen molar-refractivity contribution in [1.82, 2.24) is 20.2 Å². The molecule has 1 fully saturated rings. The fourth-order valence-corrected chi connectivity index (χ4v) is 3.55. The molecule has 0 unspecified atom stereocenters. The average Bonchev–Trinajstić information content (AvgIpc) is 3.19. The molecule has 23 heavy (non-hydrogen) atoms. The molecule has 0 radical (unpaired) electrons. The van der Waals surface area contributed by atoms with Gasteiger partial charge >= 0.3 is 0 Å². The summed E-state index contributed by atoms with van der Waals surface area (Å²) in [6.07, 6.45) is 4.69. The summed E-state index contributed by atoms with van der Waals surface area (Å²) in [6.45, 7) is 4.09. The lowest BCUT2D eigenvalue weighted by Crippen LogP contribution is -2.15. The third-order valence-corrected chi connectivity index (χ3v) is 5.19. The quantitative estimate of drug-likeness (QED) is 0.852. The minimum absolute atomic E-state index is 0.0424. The molecular weight excluding hydrogens is 310 g/mol. The molecule has 1 heterocycles. The van der Waals surface area contributed by atoms with Gasteiger partial charge in [-0.15, -0.1) is 5.10 Å². The van der Waals surface area contributed by atoms with Gasteiger partial charge in [-0.2, -0.15) is 0 Å². The predicted molar refractivity (Wildman–Crippen MR) is 90.6 cm³/mol. The zero-order valence-corrected chi connectivity index (χ0v) is 14.3. The van der Waals surface area contributed by atoms with Crippen molar-refractivity contribution < 1.29 is 4.79 Å². The van der Waals surface area contributed by atoms with Crippen LogP contribution in [0, 0.1) is 13.8 Å². The van der Waals surface area contributed by atoms with Crippen LogP contribution in [0.5, 0.6) is 0 Å². The number of carbonyl (C=O) groups excluding carboxylic acids is 1. The van der Waals surface area contributed by atoms with Crippen molar-refractivity contribution in [3.05, 3.63) is 29.3 Å². The SMILES string of the molecule is Cc1ccc(NC(=O)CSc2nnnn2C2CCCC2)cc1C. The summed E-state index contributed by atoms with van der Waals surface area (Å²) in [7, 11) is 0. The highest BCUT2D eigenvalue weighted by atomic mass is 32.2.